The number of fused-ring (bicyclic) bond motifs is 3. The van der Waals surface area contributed by atoms with E-state index < -0.39 is 0 Å². The zero-order chi connectivity index (χ0) is 18.4. The Morgan fingerprint density at radius 2 is 1.67 bits per heavy atom. The van der Waals surface area contributed by atoms with Crippen LogP contribution in [0.15, 0.2) is 48.8 Å². The fourth-order valence-electron chi connectivity index (χ4n) is 3.78. The Kier molecular flexibility index (Phi) is 3.72. The number of likely N-dealkylation sites (N-methyl/N-ethyl adjacent to an activating group) is 1. The molecule has 1 fully saturated rings. The summed E-state index contributed by atoms with van der Waals surface area (Å²) in [5.74, 6) is 0.519. The highest BCUT2D eigenvalue weighted by atomic mass is 15.2. The third-order valence-electron chi connectivity index (χ3n) is 5.43. The van der Waals surface area contributed by atoms with Gasteiger partial charge < -0.3 is 20.5 Å². The normalized spacial score (nSPS) is 15.7. The minimum absolute atomic E-state index is 0.519. The first-order valence-corrected chi connectivity index (χ1v) is 9.24. The Bertz CT molecular complexity index is 1110. The van der Waals surface area contributed by atoms with Crippen molar-refractivity contribution in [2.24, 2.45) is 0 Å². The number of anilines is 2. The Morgan fingerprint density at radius 3 is 2.44 bits per heavy atom. The molecule has 1 saturated heterocycles. The number of pyridine rings is 2. The summed E-state index contributed by atoms with van der Waals surface area (Å²) in [7, 11) is 2.18. The second-order valence-corrected chi connectivity index (χ2v) is 7.24. The summed E-state index contributed by atoms with van der Waals surface area (Å²) in [4.78, 5) is 16.9. The van der Waals surface area contributed by atoms with Crippen molar-refractivity contribution < 1.29 is 0 Å². The highest BCUT2D eigenvalue weighted by molar-refractivity contribution is 6.07. The standard InChI is InChI=1S/C21H22N6/c1-26-6-8-27(9-7-26)16-4-2-14(3-5-16)15-10-18-17-11-20(22)23-13-19(17)25-21(18)24-12-15/h2-5,10-13H,6-9H2,1H3,(H2,22,23)(H,24,25). The molecule has 6 nitrogen and oxygen atoms in total. The molecule has 3 aromatic heterocycles. The lowest BCUT2D eigenvalue weighted by molar-refractivity contribution is 0.313. The zero-order valence-electron chi connectivity index (χ0n) is 15.3. The van der Waals surface area contributed by atoms with Crippen LogP contribution in [-0.2, 0) is 0 Å². The second kappa shape index (κ2) is 6.25. The van der Waals surface area contributed by atoms with Crippen molar-refractivity contribution in [2.45, 2.75) is 0 Å². The van der Waals surface area contributed by atoms with Gasteiger partial charge in [-0.2, -0.15) is 0 Å². The zero-order valence-corrected chi connectivity index (χ0v) is 15.3. The van der Waals surface area contributed by atoms with Crippen molar-refractivity contribution in [3.8, 4) is 11.1 Å². The van der Waals surface area contributed by atoms with Crippen LogP contribution in [0.3, 0.4) is 0 Å². The van der Waals surface area contributed by atoms with Gasteiger partial charge in [0.1, 0.15) is 11.5 Å². The van der Waals surface area contributed by atoms with Crippen LogP contribution in [0.1, 0.15) is 0 Å². The van der Waals surface area contributed by atoms with Gasteiger partial charge in [0.2, 0.25) is 0 Å². The van der Waals surface area contributed by atoms with E-state index in [4.69, 9.17) is 5.73 Å². The molecule has 0 bridgehead atoms. The van der Waals surface area contributed by atoms with Gasteiger partial charge in [-0.1, -0.05) is 12.1 Å². The number of H-pyrrole nitrogens is 1. The summed E-state index contributed by atoms with van der Waals surface area (Å²) in [5.41, 5.74) is 11.2. The van der Waals surface area contributed by atoms with E-state index in [1.807, 2.05) is 12.3 Å². The van der Waals surface area contributed by atoms with Crippen molar-refractivity contribution >= 4 is 33.4 Å². The number of nitrogens with two attached hydrogens (primary N) is 1. The Hall–Kier alpha value is -3.12. The molecular formula is C21H22N6. The summed E-state index contributed by atoms with van der Waals surface area (Å²) in [6, 6.07) is 12.9. The first-order valence-electron chi connectivity index (χ1n) is 9.24. The number of aromatic nitrogens is 3. The van der Waals surface area contributed by atoms with E-state index in [9.17, 15) is 0 Å². The maximum atomic E-state index is 5.87. The highest BCUT2D eigenvalue weighted by Gasteiger charge is 2.14. The van der Waals surface area contributed by atoms with Gasteiger partial charge >= 0.3 is 0 Å². The summed E-state index contributed by atoms with van der Waals surface area (Å²) < 4.78 is 0. The average molecular weight is 358 g/mol. The quantitative estimate of drug-likeness (QED) is 0.576. The number of rotatable bonds is 2. The minimum atomic E-state index is 0.519. The average Bonchev–Trinajstić information content (AvgIpc) is 3.06. The van der Waals surface area contributed by atoms with Gasteiger partial charge in [-0.3, -0.25) is 0 Å². The van der Waals surface area contributed by atoms with Gasteiger partial charge in [0.25, 0.3) is 0 Å². The molecule has 0 spiro atoms. The van der Waals surface area contributed by atoms with E-state index in [0.717, 1.165) is 53.7 Å². The largest absolute Gasteiger partial charge is 0.384 e. The van der Waals surface area contributed by atoms with Crippen molar-refractivity contribution in [2.75, 3.05) is 43.9 Å². The van der Waals surface area contributed by atoms with E-state index in [0.29, 0.717) is 5.82 Å². The van der Waals surface area contributed by atoms with Crippen LogP contribution in [0.2, 0.25) is 0 Å². The topological polar surface area (TPSA) is 74.1 Å². The van der Waals surface area contributed by atoms with Crippen LogP contribution in [0.25, 0.3) is 33.1 Å². The smallest absolute Gasteiger partial charge is 0.138 e. The molecule has 1 aromatic carbocycles. The number of aromatic amines is 1. The predicted molar refractivity (Wildman–Crippen MR) is 111 cm³/mol. The lowest BCUT2D eigenvalue weighted by Gasteiger charge is -2.34. The van der Waals surface area contributed by atoms with Gasteiger partial charge in [0.05, 0.1) is 11.7 Å². The summed E-state index contributed by atoms with van der Waals surface area (Å²) in [6.07, 6.45) is 3.68. The third-order valence-corrected chi connectivity index (χ3v) is 5.43. The van der Waals surface area contributed by atoms with Crippen molar-refractivity contribution in [3.05, 3.63) is 48.8 Å². The number of nitrogen functional groups attached to an aromatic ring is 1. The van der Waals surface area contributed by atoms with Crippen molar-refractivity contribution in [3.63, 3.8) is 0 Å². The lowest BCUT2D eigenvalue weighted by atomic mass is 10.1. The fraction of sp³-hybridized carbons (Fsp3) is 0.238. The van der Waals surface area contributed by atoms with E-state index in [1.54, 1.807) is 6.20 Å². The van der Waals surface area contributed by atoms with Crippen LogP contribution >= 0.6 is 0 Å². The number of hydrogen-bond acceptors (Lipinski definition) is 5. The van der Waals surface area contributed by atoms with Gasteiger partial charge in [-0.25, -0.2) is 9.97 Å². The molecule has 1 aliphatic heterocycles. The van der Waals surface area contributed by atoms with Crippen molar-refractivity contribution in [1.82, 2.24) is 19.9 Å². The van der Waals surface area contributed by atoms with E-state index in [1.165, 1.54) is 11.3 Å². The minimum Gasteiger partial charge on any atom is -0.384 e. The Balaban J connectivity index is 1.49. The molecular weight excluding hydrogens is 336 g/mol. The molecule has 1 aliphatic rings. The number of benzene rings is 1. The molecule has 0 saturated carbocycles. The molecule has 5 rings (SSSR count). The SMILES string of the molecule is CN1CCN(c2ccc(-c3cnc4[nH]c5cnc(N)cc5c4c3)cc2)CC1. The fourth-order valence-corrected chi connectivity index (χ4v) is 3.78. The number of piperazine rings is 1. The van der Waals surface area contributed by atoms with Gasteiger partial charge in [0, 0.05) is 54.4 Å². The van der Waals surface area contributed by atoms with Crippen molar-refractivity contribution in [1.29, 1.82) is 0 Å². The summed E-state index contributed by atoms with van der Waals surface area (Å²) in [6.45, 7) is 4.38. The van der Waals surface area contributed by atoms with Crippen LogP contribution in [-0.4, -0.2) is 53.1 Å². The molecule has 136 valence electrons. The number of hydrogen-bond donors (Lipinski definition) is 2. The molecule has 4 heterocycles. The van der Waals surface area contributed by atoms with E-state index >= 15 is 0 Å². The molecule has 0 radical (unpaired) electrons. The highest BCUT2D eigenvalue weighted by Crippen LogP contribution is 2.30. The Labute approximate surface area is 157 Å². The monoisotopic (exact) mass is 358 g/mol. The van der Waals surface area contributed by atoms with Crippen LogP contribution in [0.5, 0.6) is 0 Å². The predicted octanol–water partition coefficient (Wildman–Crippen LogP) is 3.11. The van der Waals surface area contributed by atoms with Crippen LogP contribution < -0.4 is 10.6 Å². The summed E-state index contributed by atoms with van der Waals surface area (Å²) >= 11 is 0. The third kappa shape index (κ3) is 2.88. The van der Waals surface area contributed by atoms with Gasteiger partial charge in [-0.05, 0) is 36.9 Å². The molecule has 4 aromatic rings. The van der Waals surface area contributed by atoms with Gasteiger partial charge in [-0.15, -0.1) is 0 Å². The maximum Gasteiger partial charge on any atom is 0.138 e. The molecule has 0 atom stereocenters. The molecule has 0 amide bonds. The van der Waals surface area contributed by atoms with E-state index in [-0.39, 0.29) is 0 Å². The van der Waals surface area contributed by atoms with Gasteiger partial charge in [0.15, 0.2) is 0 Å². The molecule has 0 aliphatic carbocycles. The number of nitrogens with zero attached hydrogens (tertiary/aromatic N) is 4. The molecule has 0 unspecified atom stereocenters. The van der Waals surface area contributed by atoms with E-state index in [2.05, 4.69) is 62.1 Å². The maximum absolute atomic E-state index is 5.87. The molecule has 3 N–H and O–H groups in total. The first-order chi connectivity index (χ1) is 13.2. The Morgan fingerprint density at radius 1 is 0.889 bits per heavy atom. The van der Waals surface area contributed by atoms with Crippen LogP contribution in [0.4, 0.5) is 11.5 Å². The number of nitrogens with one attached hydrogen (secondary N) is 1. The first kappa shape index (κ1) is 16.1. The lowest BCUT2D eigenvalue weighted by Crippen LogP contribution is -2.44. The van der Waals surface area contributed by atoms with Crippen LogP contribution in [0, 0.1) is 0 Å². The summed E-state index contributed by atoms with van der Waals surface area (Å²) in [5, 5.41) is 2.13. The second-order valence-electron chi connectivity index (χ2n) is 7.24. The molecule has 6 heteroatoms. The molecule has 27 heavy (non-hydrogen) atoms.